The van der Waals surface area contributed by atoms with Crippen LogP contribution in [-0.2, 0) is 14.4 Å². The van der Waals surface area contributed by atoms with Gasteiger partial charge in [-0.25, -0.2) is 0 Å². The molecule has 0 aliphatic carbocycles. The Morgan fingerprint density at radius 3 is 2.37 bits per heavy atom. The molecule has 4 rings (SSSR count). The first-order valence-corrected chi connectivity index (χ1v) is 12.5. The lowest BCUT2D eigenvalue weighted by Crippen LogP contribution is -2.64. The third kappa shape index (κ3) is 5.75. The number of carbonyl (C=O) groups excluding carboxylic acids is 4. The second kappa shape index (κ2) is 11.1. The number of amides is 4. The summed E-state index contributed by atoms with van der Waals surface area (Å²) in [5.41, 5.74) is 1.53. The van der Waals surface area contributed by atoms with Gasteiger partial charge >= 0.3 is 0 Å². The van der Waals surface area contributed by atoms with Crippen LogP contribution in [0.4, 0.5) is 5.69 Å². The zero-order chi connectivity index (χ0) is 24.9. The molecule has 2 unspecified atom stereocenters. The third-order valence-electron chi connectivity index (χ3n) is 7.17. The van der Waals surface area contributed by atoms with E-state index in [1.54, 1.807) is 21.9 Å². The first-order valence-electron chi connectivity index (χ1n) is 12.5. The van der Waals surface area contributed by atoms with Crippen LogP contribution >= 0.6 is 0 Å². The van der Waals surface area contributed by atoms with E-state index in [9.17, 15) is 19.2 Å². The van der Waals surface area contributed by atoms with Crippen molar-refractivity contribution >= 4 is 29.3 Å². The van der Waals surface area contributed by atoms with Crippen LogP contribution in [0.2, 0.25) is 0 Å². The van der Waals surface area contributed by atoms with Gasteiger partial charge in [-0.05, 0) is 63.0 Å². The van der Waals surface area contributed by atoms with Gasteiger partial charge in [0.05, 0.1) is 6.54 Å². The lowest BCUT2D eigenvalue weighted by atomic mass is 9.95. The number of piperidine rings is 2. The van der Waals surface area contributed by atoms with Crippen molar-refractivity contribution in [2.24, 2.45) is 5.92 Å². The summed E-state index contributed by atoms with van der Waals surface area (Å²) in [5, 5.41) is 8.89. The van der Waals surface area contributed by atoms with Gasteiger partial charge in [-0.2, -0.15) is 0 Å². The molecule has 3 fully saturated rings. The first-order chi connectivity index (χ1) is 16.8. The highest BCUT2D eigenvalue weighted by Crippen LogP contribution is 2.22. The van der Waals surface area contributed by atoms with Crippen molar-refractivity contribution in [3.8, 4) is 0 Å². The highest BCUT2D eigenvalue weighted by atomic mass is 16.2. The standard InChI is InChI=1S/C25H36N6O4/c1-29(2)19-7-5-17(6-8-19)24(34)30-14-15-31(25(35)18-9-12-26-13-10-18)21(16-30)23(33)28-20-4-3-11-27-22(20)32/h5-8,18,20-21,26H,3-4,9-16H2,1-2H3,(H,27,32)(H,28,33). The molecule has 0 bridgehead atoms. The summed E-state index contributed by atoms with van der Waals surface area (Å²) < 4.78 is 0. The van der Waals surface area contributed by atoms with E-state index in [2.05, 4.69) is 16.0 Å². The van der Waals surface area contributed by atoms with Gasteiger partial charge in [0.25, 0.3) is 5.91 Å². The van der Waals surface area contributed by atoms with Crippen LogP contribution in [0.5, 0.6) is 0 Å². The van der Waals surface area contributed by atoms with Crippen LogP contribution in [0.25, 0.3) is 0 Å². The molecule has 0 saturated carbocycles. The number of hydrogen-bond donors (Lipinski definition) is 3. The molecule has 190 valence electrons. The summed E-state index contributed by atoms with van der Waals surface area (Å²) in [6, 6.07) is 5.89. The second-order valence-corrected chi connectivity index (χ2v) is 9.76. The predicted octanol–water partition coefficient (Wildman–Crippen LogP) is -0.200. The molecule has 35 heavy (non-hydrogen) atoms. The minimum atomic E-state index is -0.828. The molecule has 1 aromatic rings. The van der Waals surface area contributed by atoms with Gasteiger partial charge in [0.2, 0.25) is 17.7 Å². The molecule has 0 aromatic heterocycles. The summed E-state index contributed by atoms with van der Waals surface area (Å²) >= 11 is 0. The van der Waals surface area contributed by atoms with Crippen molar-refractivity contribution in [2.45, 2.75) is 37.8 Å². The maximum atomic E-state index is 13.4. The van der Waals surface area contributed by atoms with E-state index in [1.807, 2.05) is 31.1 Å². The average molecular weight is 485 g/mol. The quantitative estimate of drug-likeness (QED) is 0.534. The van der Waals surface area contributed by atoms with E-state index in [0.29, 0.717) is 31.6 Å². The number of hydrogen-bond acceptors (Lipinski definition) is 6. The number of piperazine rings is 1. The Bertz CT molecular complexity index is 944. The molecule has 3 heterocycles. The normalized spacial score (nSPS) is 23.4. The van der Waals surface area contributed by atoms with Crippen LogP contribution in [0.15, 0.2) is 24.3 Å². The first kappa shape index (κ1) is 25.0. The maximum Gasteiger partial charge on any atom is 0.254 e. The lowest BCUT2D eigenvalue weighted by molar-refractivity contribution is -0.147. The summed E-state index contributed by atoms with van der Waals surface area (Å²) in [5.74, 6) is -0.926. The van der Waals surface area contributed by atoms with Crippen molar-refractivity contribution in [1.29, 1.82) is 0 Å². The van der Waals surface area contributed by atoms with E-state index >= 15 is 0 Å². The van der Waals surface area contributed by atoms with Gasteiger partial charge in [-0.15, -0.1) is 0 Å². The summed E-state index contributed by atoms with van der Waals surface area (Å²) in [7, 11) is 3.87. The number of rotatable bonds is 5. The van der Waals surface area contributed by atoms with E-state index in [-0.39, 0.29) is 36.1 Å². The van der Waals surface area contributed by atoms with E-state index < -0.39 is 12.1 Å². The molecule has 3 saturated heterocycles. The minimum absolute atomic E-state index is 0.0396. The van der Waals surface area contributed by atoms with Crippen molar-refractivity contribution in [1.82, 2.24) is 25.8 Å². The maximum absolute atomic E-state index is 13.4. The molecule has 3 aliphatic heterocycles. The molecule has 3 N–H and O–H groups in total. The molecule has 3 aliphatic rings. The third-order valence-corrected chi connectivity index (χ3v) is 7.17. The fourth-order valence-corrected chi connectivity index (χ4v) is 5.02. The Morgan fingerprint density at radius 1 is 1.00 bits per heavy atom. The molecule has 0 radical (unpaired) electrons. The van der Waals surface area contributed by atoms with Gasteiger partial charge in [-0.1, -0.05) is 0 Å². The number of nitrogens with zero attached hydrogens (tertiary/aromatic N) is 3. The van der Waals surface area contributed by atoms with Crippen LogP contribution in [-0.4, -0.2) is 98.9 Å². The Morgan fingerprint density at radius 2 is 1.71 bits per heavy atom. The Labute approximate surface area is 206 Å². The number of carbonyl (C=O) groups is 4. The van der Waals surface area contributed by atoms with Gasteiger partial charge in [0.1, 0.15) is 12.1 Å². The highest BCUT2D eigenvalue weighted by molar-refractivity contribution is 5.97. The fourth-order valence-electron chi connectivity index (χ4n) is 5.02. The molecule has 4 amide bonds. The van der Waals surface area contributed by atoms with Crippen LogP contribution < -0.4 is 20.9 Å². The molecule has 1 aromatic carbocycles. The lowest BCUT2D eigenvalue weighted by Gasteiger charge is -2.42. The molecule has 10 heteroatoms. The number of benzene rings is 1. The van der Waals surface area contributed by atoms with E-state index in [0.717, 1.165) is 38.0 Å². The van der Waals surface area contributed by atoms with E-state index in [4.69, 9.17) is 0 Å². The van der Waals surface area contributed by atoms with Crippen molar-refractivity contribution < 1.29 is 19.2 Å². The Hall–Kier alpha value is -3.14. The molecular formula is C25H36N6O4. The monoisotopic (exact) mass is 484 g/mol. The fraction of sp³-hybridized carbons (Fsp3) is 0.600. The smallest absolute Gasteiger partial charge is 0.254 e. The molecule has 0 spiro atoms. The topological polar surface area (TPSA) is 114 Å². The highest BCUT2D eigenvalue weighted by Gasteiger charge is 2.40. The SMILES string of the molecule is CN(C)c1ccc(C(=O)N2CCN(C(=O)C3CCNCC3)C(C(=O)NC3CCCNC3=O)C2)cc1. The van der Waals surface area contributed by atoms with E-state index in [1.165, 1.54) is 0 Å². The van der Waals surface area contributed by atoms with Crippen LogP contribution in [0, 0.1) is 5.92 Å². The van der Waals surface area contributed by atoms with Crippen LogP contribution in [0.3, 0.4) is 0 Å². The largest absolute Gasteiger partial charge is 0.378 e. The zero-order valence-electron chi connectivity index (χ0n) is 20.6. The number of anilines is 1. The van der Waals surface area contributed by atoms with Crippen molar-refractivity contribution in [2.75, 3.05) is 58.3 Å². The molecule has 2 atom stereocenters. The second-order valence-electron chi connectivity index (χ2n) is 9.76. The van der Waals surface area contributed by atoms with Crippen molar-refractivity contribution in [3.05, 3.63) is 29.8 Å². The van der Waals surface area contributed by atoms with Crippen molar-refractivity contribution in [3.63, 3.8) is 0 Å². The Kier molecular flexibility index (Phi) is 7.90. The van der Waals surface area contributed by atoms with Gasteiger partial charge in [0.15, 0.2) is 0 Å². The summed E-state index contributed by atoms with van der Waals surface area (Å²) in [6.07, 6.45) is 2.81. The molecular weight excluding hydrogens is 448 g/mol. The summed E-state index contributed by atoms with van der Waals surface area (Å²) in [6.45, 7) is 2.90. The number of nitrogens with one attached hydrogen (secondary N) is 3. The van der Waals surface area contributed by atoms with Crippen LogP contribution in [0.1, 0.15) is 36.0 Å². The zero-order valence-corrected chi connectivity index (χ0v) is 20.6. The van der Waals surface area contributed by atoms with Gasteiger partial charge in [-0.3, -0.25) is 19.2 Å². The predicted molar refractivity (Wildman–Crippen MR) is 132 cm³/mol. The van der Waals surface area contributed by atoms with Gasteiger partial charge in [0, 0.05) is 50.9 Å². The Balaban J connectivity index is 1.51. The van der Waals surface area contributed by atoms with Gasteiger partial charge < -0.3 is 30.7 Å². The average Bonchev–Trinajstić information content (AvgIpc) is 2.89. The minimum Gasteiger partial charge on any atom is -0.378 e. The molecule has 10 nitrogen and oxygen atoms in total. The summed E-state index contributed by atoms with van der Waals surface area (Å²) in [4.78, 5) is 57.5.